The van der Waals surface area contributed by atoms with Crippen LogP contribution in [0.2, 0.25) is 0 Å². The molecule has 2 atom stereocenters. The van der Waals surface area contributed by atoms with E-state index in [0.29, 0.717) is 24.6 Å². The van der Waals surface area contributed by atoms with Gasteiger partial charge in [0.15, 0.2) is 5.96 Å². The van der Waals surface area contributed by atoms with Gasteiger partial charge in [0.25, 0.3) is 0 Å². The smallest absolute Gasteiger partial charge is 0.387 e. The Morgan fingerprint density at radius 1 is 1.09 bits per heavy atom. The van der Waals surface area contributed by atoms with Crippen molar-refractivity contribution in [2.24, 2.45) is 4.99 Å². The molecule has 0 aliphatic carbocycles. The van der Waals surface area contributed by atoms with Crippen LogP contribution in [0.4, 0.5) is 13.2 Å². The number of aliphatic hydroxyl groups is 1. The zero-order chi connectivity index (χ0) is 22.8. The molecule has 0 radical (unpaired) electrons. The predicted molar refractivity (Wildman–Crippen MR) is 130 cm³/mol. The molecule has 32 heavy (non-hydrogen) atoms. The van der Waals surface area contributed by atoms with E-state index in [2.05, 4.69) is 20.4 Å². The lowest BCUT2D eigenvalue weighted by molar-refractivity contribution is -0.0498. The molecule has 0 saturated heterocycles. The number of aliphatic imine (C=N–C) groups is 1. The van der Waals surface area contributed by atoms with E-state index in [0.717, 1.165) is 5.56 Å². The van der Waals surface area contributed by atoms with Gasteiger partial charge in [0.2, 0.25) is 0 Å². The third kappa shape index (κ3) is 9.21. The predicted octanol–water partition coefficient (Wildman–Crippen LogP) is 3.94. The van der Waals surface area contributed by atoms with Crippen molar-refractivity contribution in [1.82, 2.24) is 15.5 Å². The van der Waals surface area contributed by atoms with Crippen LogP contribution in [0.1, 0.15) is 30.2 Å². The number of rotatable bonds is 10. The maximum Gasteiger partial charge on any atom is 0.387 e. The van der Waals surface area contributed by atoms with Crippen LogP contribution in [0.5, 0.6) is 5.75 Å². The van der Waals surface area contributed by atoms with Gasteiger partial charge in [-0.1, -0.05) is 24.3 Å². The molecule has 10 heteroatoms. The highest BCUT2D eigenvalue weighted by Crippen LogP contribution is 2.20. The molecule has 2 aromatic carbocycles. The summed E-state index contributed by atoms with van der Waals surface area (Å²) in [7, 11) is 3.80. The van der Waals surface area contributed by atoms with Crippen molar-refractivity contribution in [3.63, 3.8) is 0 Å². The van der Waals surface area contributed by atoms with Crippen molar-refractivity contribution in [1.29, 1.82) is 0 Å². The summed E-state index contributed by atoms with van der Waals surface area (Å²) in [5.74, 6) is 0.231. The molecule has 6 nitrogen and oxygen atoms in total. The van der Waals surface area contributed by atoms with Crippen molar-refractivity contribution >= 4 is 29.9 Å². The maximum atomic E-state index is 13.6. The molecule has 0 heterocycles. The largest absolute Gasteiger partial charge is 0.435 e. The molecule has 0 aliphatic heterocycles. The Labute approximate surface area is 203 Å². The molecule has 0 fully saturated rings. The molecular weight excluding hydrogens is 536 g/mol. The van der Waals surface area contributed by atoms with Gasteiger partial charge in [-0.2, -0.15) is 8.78 Å². The summed E-state index contributed by atoms with van der Waals surface area (Å²) in [6.45, 7) is 0.184. The van der Waals surface area contributed by atoms with Crippen molar-refractivity contribution in [2.75, 3.05) is 33.7 Å². The summed E-state index contributed by atoms with van der Waals surface area (Å²) in [4.78, 5) is 6.53. The van der Waals surface area contributed by atoms with E-state index in [4.69, 9.17) is 0 Å². The van der Waals surface area contributed by atoms with Gasteiger partial charge in [-0.3, -0.25) is 4.99 Å². The number of alkyl halides is 2. The molecule has 0 aliphatic rings. The molecule has 2 rings (SSSR count). The van der Waals surface area contributed by atoms with Gasteiger partial charge in [-0.05, 0) is 56.4 Å². The highest BCUT2D eigenvalue weighted by molar-refractivity contribution is 14.0. The van der Waals surface area contributed by atoms with E-state index >= 15 is 0 Å². The van der Waals surface area contributed by atoms with Gasteiger partial charge in [-0.15, -0.1) is 24.0 Å². The normalized spacial score (nSPS) is 13.5. The third-order valence-electron chi connectivity index (χ3n) is 4.58. The molecule has 0 amide bonds. The first-order chi connectivity index (χ1) is 14.8. The number of guanidine groups is 1. The van der Waals surface area contributed by atoms with Gasteiger partial charge in [0.1, 0.15) is 11.6 Å². The molecule has 0 spiro atoms. The number of benzene rings is 2. The van der Waals surface area contributed by atoms with Crippen LogP contribution in [-0.4, -0.2) is 56.3 Å². The first-order valence-corrected chi connectivity index (χ1v) is 9.97. The average molecular weight is 566 g/mol. The lowest BCUT2D eigenvalue weighted by Gasteiger charge is -2.24. The number of aliphatic hydroxyl groups excluding tert-OH is 1. The third-order valence-corrected chi connectivity index (χ3v) is 4.58. The Hall–Kier alpha value is -2.05. The van der Waals surface area contributed by atoms with E-state index in [1.165, 1.54) is 36.4 Å². The van der Waals surface area contributed by atoms with Gasteiger partial charge in [-0.25, -0.2) is 4.39 Å². The molecule has 0 bridgehead atoms. The van der Waals surface area contributed by atoms with Crippen LogP contribution in [0, 0.1) is 5.82 Å². The lowest BCUT2D eigenvalue weighted by Crippen LogP contribution is -2.40. The van der Waals surface area contributed by atoms with Crippen molar-refractivity contribution in [3.8, 4) is 5.75 Å². The highest BCUT2D eigenvalue weighted by Gasteiger charge is 2.15. The number of nitrogens with one attached hydrogen (secondary N) is 2. The first kappa shape index (κ1) is 28.0. The Morgan fingerprint density at radius 3 is 2.34 bits per heavy atom. The topological polar surface area (TPSA) is 69.1 Å². The zero-order valence-electron chi connectivity index (χ0n) is 18.3. The quantitative estimate of drug-likeness (QED) is 0.231. The van der Waals surface area contributed by atoms with Crippen LogP contribution in [0.3, 0.4) is 0 Å². The highest BCUT2D eigenvalue weighted by atomic mass is 127. The minimum atomic E-state index is -2.89. The van der Waals surface area contributed by atoms with Crippen LogP contribution in [0.15, 0.2) is 53.5 Å². The van der Waals surface area contributed by atoms with Gasteiger partial charge in [0, 0.05) is 13.1 Å². The number of halogens is 4. The van der Waals surface area contributed by atoms with Crippen molar-refractivity contribution in [3.05, 3.63) is 65.5 Å². The summed E-state index contributed by atoms with van der Waals surface area (Å²) in [6.07, 6.45) is -0.877. The minimum Gasteiger partial charge on any atom is -0.435 e. The summed E-state index contributed by atoms with van der Waals surface area (Å²) in [5.41, 5.74) is 1.37. The number of ether oxygens (including phenoxy) is 1. The van der Waals surface area contributed by atoms with Crippen LogP contribution >= 0.6 is 24.0 Å². The van der Waals surface area contributed by atoms with Crippen LogP contribution in [-0.2, 0) is 0 Å². The second kappa shape index (κ2) is 14.2. The molecule has 0 saturated carbocycles. The van der Waals surface area contributed by atoms with Crippen LogP contribution in [0.25, 0.3) is 0 Å². The zero-order valence-corrected chi connectivity index (χ0v) is 20.6. The fourth-order valence-corrected chi connectivity index (χ4v) is 2.98. The van der Waals surface area contributed by atoms with E-state index < -0.39 is 12.7 Å². The lowest BCUT2D eigenvalue weighted by atomic mass is 10.1. The molecule has 178 valence electrons. The number of nitrogens with zero attached hydrogens (tertiary/aromatic N) is 2. The molecule has 3 N–H and O–H groups in total. The molecule has 2 unspecified atom stereocenters. The summed E-state index contributed by atoms with van der Waals surface area (Å²) >= 11 is 0. The first-order valence-electron chi connectivity index (χ1n) is 9.97. The van der Waals surface area contributed by atoms with E-state index in [-0.39, 0.29) is 48.1 Å². The van der Waals surface area contributed by atoms with Crippen molar-refractivity contribution in [2.45, 2.75) is 25.7 Å². The van der Waals surface area contributed by atoms with Gasteiger partial charge in [0.05, 0.1) is 18.7 Å². The Bertz CT molecular complexity index is 838. The number of hydrogen-bond donors (Lipinski definition) is 3. The Balaban J connectivity index is 0.00000512. The SMILES string of the molecule is CCNC(=NCC(c1cccc(F)c1)N(C)C)NCC(O)c1ccc(OC(F)F)cc1.I. The number of hydrogen-bond acceptors (Lipinski definition) is 4. The second-order valence-corrected chi connectivity index (χ2v) is 7.10. The second-order valence-electron chi connectivity index (χ2n) is 7.10. The summed E-state index contributed by atoms with van der Waals surface area (Å²) < 4.78 is 42.4. The molecule has 2 aromatic rings. The average Bonchev–Trinajstić information content (AvgIpc) is 2.71. The summed E-state index contributed by atoms with van der Waals surface area (Å²) in [6, 6.07) is 12.1. The standard InChI is InChI=1S/C22H29F3N4O2.HI/c1-4-26-22(27-13-19(29(2)3)16-6-5-7-17(23)12-16)28-14-20(30)15-8-10-18(11-9-15)31-21(24)25;/h5-12,19-21,30H,4,13-14H2,1-3H3,(H2,26,27,28);1H. The fraction of sp³-hybridized carbons (Fsp3) is 0.409. The minimum absolute atomic E-state index is 0. The van der Waals surface area contributed by atoms with E-state index in [9.17, 15) is 18.3 Å². The van der Waals surface area contributed by atoms with Crippen molar-refractivity contribution < 1.29 is 23.0 Å². The van der Waals surface area contributed by atoms with Gasteiger partial charge >= 0.3 is 6.61 Å². The molecular formula is C22H30F3IN4O2. The molecule has 0 aromatic heterocycles. The van der Waals surface area contributed by atoms with E-state index in [1.807, 2.05) is 32.0 Å². The van der Waals surface area contributed by atoms with Gasteiger partial charge < -0.3 is 25.4 Å². The van der Waals surface area contributed by atoms with Crippen LogP contribution < -0.4 is 15.4 Å². The number of likely N-dealkylation sites (N-methyl/N-ethyl adjacent to an activating group) is 1. The summed E-state index contributed by atoms with van der Waals surface area (Å²) in [5, 5.41) is 16.6. The monoisotopic (exact) mass is 566 g/mol. The maximum absolute atomic E-state index is 13.6. The Morgan fingerprint density at radius 2 is 1.78 bits per heavy atom. The fourth-order valence-electron chi connectivity index (χ4n) is 2.98. The van der Waals surface area contributed by atoms with E-state index in [1.54, 1.807) is 6.07 Å². The Kier molecular flexibility index (Phi) is 12.4.